The molecule has 1 unspecified atom stereocenters. The number of hydrogen-bond acceptors (Lipinski definition) is 4. The van der Waals surface area contributed by atoms with Crippen LogP contribution in [0.25, 0.3) is 0 Å². The molecule has 9 heteroatoms. The first-order valence-electron chi connectivity index (χ1n) is 10.8. The van der Waals surface area contributed by atoms with Crippen molar-refractivity contribution in [3.63, 3.8) is 0 Å². The lowest BCUT2D eigenvalue weighted by atomic mass is 10.0. The predicted molar refractivity (Wildman–Crippen MR) is 138 cm³/mol. The minimum atomic E-state index is -0.894. The van der Waals surface area contributed by atoms with Gasteiger partial charge < -0.3 is 10.1 Å². The summed E-state index contributed by atoms with van der Waals surface area (Å²) in [5.74, 6) is -1.43. The zero-order valence-electron chi connectivity index (χ0n) is 19.1. The fraction of sp³-hybridized carbons (Fsp3) is 0.192. The highest BCUT2D eigenvalue weighted by molar-refractivity contribution is 9.10. The van der Waals surface area contributed by atoms with Crippen molar-refractivity contribution >= 4 is 45.6 Å². The standard InChI is InChI=1S/C26H24BrClFN3O3/c1-16(2)24(31-25(33)20-5-3-4-6-22(20)29)26(34)32-30-14-18-9-12-23(21(27)13-18)35-15-17-7-10-19(28)11-8-17/h3-14,16,24H,15H2,1-2H3,(H,31,33)(H,32,34)/b30-14+. The molecule has 0 saturated carbocycles. The number of rotatable bonds is 9. The molecule has 0 aliphatic rings. The van der Waals surface area contributed by atoms with Crippen LogP contribution < -0.4 is 15.5 Å². The zero-order chi connectivity index (χ0) is 25.4. The Morgan fingerprint density at radius 2 is 1.83 bits per heavy atom. The maximum atomic E-state index is 13.9. The number of hydrazone groups is 1. The van der Waals surface area contributed by atoms with Gasteiger partial charge in [0.05, 0.1) is 16.3 Å². The molecule has 3 rings (SSSR count). The second-order valence-electron chi connectivity index (χ2n) is 8.01. The highest BCUT2D eigenvalue weighted by atomic mass is 79.9. The fourth-order valence-electron chi connectivity index (χ4n) is 3.10. The van der Waals surface area contributed by atoms with Gasteiger partial charge in [-0.3, -0.25) is 9.59 Å². The third-order valence-electron chi connectivity index (χ3n) is 5.01. The van der Waals surface area contributed by atoms with Gasteiger partial charge in [0.2, 0.25) is 0 Å². The maximum absolute atomic E-state index is 13.9. The molecule has 0 spiro atoms. The number of hydrogen-bond donors (Lipinski definition) is 2. The molecule has 3 aromatic rings. The van der Waals surface area contributed by atoms with Crippen LogP contribution in [0.3, 0.4) is 0 Å². The number of amides is 2. The van der Waals surface area contributed by atoms with E-state index >= 15 is 0 Å². The van der Waals surface area contributed by atoms with Gasteiger partial charge in [0.1, 0.15) is 24.2 Å². The monoisotopic (exact) mass is 559 g/mol. The summed E-state index contributed by atoms with van der Waals surface area (Å²) >= 11 is 9.38. The van der Waals surface area contributed by atoms with Crippen molar-refractivity contribution in [2.24, 2.45) is 11.0 Å². The minimum absolute atomic E-state index is 0.127. The van der Waals surface area contributed by atoms with Crippen LogP contribution in [0.4, 0.5) is 4.39 Å². The summed E-state index contributed by atoms with van der Waals surface area (Å²) in [5, 5.41) is 7.23. The topological polar surface area (TPSA) is 79.8 Å². The van der Waals surface area contributed by atoms with E-state index in [1.807, 2.05) is 12.1 Å². The summed E-state index contributed by atoms with van der Waals surface area (Å²) in [6.45, 7) is 3.93. The minimum Gasteiger partial charge on any atom is -0.488 e. The molecule has 2 amide bonds. The first-order chi connectivity index (χ1) is 16.7. The highest BCUT2D eigenvalue weighted by Crippen LogP contribution is 2.26. The van der Waals surface area contributed by atoms with Crippen LogP contribution in [-0.4, -0.2) is 24.1 Å². The summed E-state index contributed by atoms with van der Waals surface area (Å²) in [4.78, 5) is 25.0. The van der Waals surface area contributed by atoms with Gasteiger partial charge in [-0.25, -0.2) is 9.82 Å². The fourth-order valence-corrected chi connectivity index (χ4v) is 3.73. The number of carbonyl (C=O) groups is 2. The lowest BCUT2D eigenvalue weighted by Gasteiger charge is -2.20. The molecular formula is C26H24BrClFN3O3. The molecule has 0 saturated heterocycles. The third-order valence-corrected chi connectivity index (χ3v) is 5.88. The predicted octanol–water partition coefficient (Wildman–Crippen LogP) is 5.73. The molecular weight excluding hydrogens is 537 g/mol. The van der Waals surface area contributed by atoms with Crippen molar-refractivity contribution in [2.45, 2.75) is 26.5 Å². The summed E-state index contributed by atoms with van der Waals surface area (Å²) < 4.78 is 20.4. The molecule has 1 atom stereocenters. The van der Waals surface area contributed by atoms with E-state index in [0.29, 0.717) is 22.9 Å². The van der Waals surface area contributed by atoms with Crippen LogP contribution in [0.15, 0.2) is 76.3 Å². The molecule has 182 valence electrons. The van der Waals surface area contributed by atoms with Gasteiger partial charge >= 0.3 is 0 Å². The summed E-state index contributed by atoms with van der Waals surface area (Å²) in [5.41, 5.74) is 4.00. The Kier molecular flexibility index (Phi) is 9.39. The Labute approximate surface area is 216 Å². The molecule has 0 aromatic heterocycles. The number of ether oxygens (including phenoxy) is 1. The van der Waals surface area contributed by atoms with E-state index in [2.05, 4.69) is 31.8 Å². The van der Waals surface area contributed by atoms with Gasteiger partial charge in [-0.15, -0.1) is 0 Å². The van der Waals surface area contributed by atoms with Crippen LogP contribution in [0.1, 0.15) is 35.3 Å². The Hall–Kier alpha value is -3.23. The van der Waals surface area contributed by atoms with Crippen molar-refractivity contribution in [1.29, 1.82) is 0 Å². The second kappa shape index (κ2) is 12.5. The molecule has 0 aliphatic carbocycles. The smallest absolute Gasteiger partial charge is 0.262 e. The molecule has 3 aromatic carbocycles. The van der Waals surface area contributed by atoms with Gasteiger partial charge in [-0.2, -0.15) is 5.10 Å². The summed E-state index contributed by atoms with van der Waals surface area (Å²) in [6.07, 6.45) is 1.47. The number of nitrogens with zero attached hydrogens (tertiary/aromatic N) is 1. The lowest BCUT2D eigenvalue weighted by Crippen LogP contribution is -2.48. The van der Waals surface area contributed by atoms with E-state index in [1.54, 1.807) is 50.2 Å². The van der Waals surface area contributed by atoms with Crippen molar-refractivity contribution in [2.75, 3.05) is 0 Å². The van der Waals surface area contributed by atoms with Gasteiger partial charge in [0, 0.05) is 5.02 Å². The van der Waals surface area contributed by atoms with E-state index in [0.717, 1.165) is 10.0 Å². The number of benzene rings is 3. The molecule has 35 heavy (non-hydrogen) atoms. The van der Waals surface area contributed by atoms with Gasteiger partial charge in [0.25, 0.3) is 11.8 Å². The molecule has 2 N–H and O–H groups in total. The van der Waals surface area contributed by atoms with E-state index in [4.69, 9.17) is 16.3 Å². The van der Waals surface area contributed by atoms with E-state index in [-0.39, 0.29) is 11.5 Å². The Balaban J connectivity index is 1.58. The Bertz CT molecular complexity index is 1220. The average Bonchev–Trinajstić information content (AvgIpc) is 2.83. The molecule has 6 nitrogen and oxygen atoms in total. The molecule has 0 radical (unpaired) electrons. The first kappa shape index (κ1) is 26.4. The maximum Gasteiger partial charge on any atom is 0.262 e. The van der Waals surface area contributed by atoms with Crippen LogP contribution in [0, 0.1) is 11.7 Å². The van der Waals surface area contributed by atoms with Crippen LogP contribution in [0.5, 0.6) is 5.75 Å². The van der Waals surface area contributed by atoms with Crippen molar-refractivity contribution < 1.29 is 18.7 Å². The highest BCUT2D eigenvalue weighted by Gasteiger charge is 2.25. The molecule has 0 aliphatic heterocycles. The van der Waals surface area contributed by atoms with Crippen molar-refractivity contribution in [3.8, 4) is 5.75 Å². The molecule has 0 heterocycles. The van der Waals surface area contributed by atoms with Crippen molar-refractivity contribution in [1.82, 2.24) is 10.7 Å². The average molecular weight is 561 g/mol. The van der Waals surface area contributed by atoms with E-state index in [1.165, 1.54) is 24.4 Å². The zero-order valence-corrected chi connectivity index (χ0v) is 21.4. The van der Waals surface area contributed by atoms with Crippen molar-refractivity contribution in [3.05, 3.63) is 98.7 Å². The molecule has 0 bridgehead atoms. The van der Waals surface area contributed by atoms with Crippen LogP contribution in [0.2, 0.25) is 5.02 Å². The molecule has 0 fully saturated rings. The van der Waals surface area contributed by atoms with Gasteiger partial charge in [0.15, 0.2) is 0 Å². The lowest BCUT2D eigenvalue weighted by molar-refractivity contribution is -0.123. The number of carbonyl (C=O) groups excluding carboxylic acids is 2. The Morgan fingerprint density at radius 1 is 1.11 bits per heavy atom. The third kappa shape index (κ3) is 7.63. The first-order valence-corrected chi connectivity index (χ1v) is 12.0. The SMILES string of the molecule is CC(C)C(NC(=O)c1ccccc1F)C(=O)N/N=C/c1ccc(OCc2ccc(Cl)cc2)c(Br)c1. The van der Waals surface area contributed by atoms with Crippen LogP contribution in [-0.2, 0) is 11.4 Å². The number of nitrogens with one attached hydrogen (secondary N) is 2. The van der Waals surface area contributed by atoms with Crippen LogP contribution >= 0.6 is 27.5 Å². The quantitative estimate of drug-likeness (QED) is 0.259. The van der Waals surface area contributed by atoms with E-state index in [9.17, 15) is 14.0 Å². The number of halogens is 3. The van der Waals surface area contributed by atoms with E-state index < -0.39 is 23.7 Å². The second-order valence-corrected chi connectivity index (χ2v) is 9.31. The van der Waals surface area contributed by atoms with Gasteiger partial charge in [-0.1, -0.05) is 49.7 Å². The Morgan fingerprint density at radius 3 is 2.49 bits per heavy atom. The summed E-state index contributed by atoms with van der Waals surface area (Å²) in [7, 11) is 0. The summed E-state index contributed by atoms with van der Waals surface area (Å²) in [6, 6.07) is 17.5. The largest absolute Gasteiger partial charge is 0.488 e. The normalized spacial score (nSPS) is 11.9. The van der Waals surface area contributed by atoms with Gasteiger partial charge in [-0.05, 0) is 75.4 Å².